The molecule has 1 N–H and O–H groups in total. The minimum atomic E-state index is -2.72. The molecule has 6 nitrogen and oxygen atoms in total. The molecule has 23 heavy (non-hydrogen) atoms. The van der Waals surface area contributed by atoms with Crippen LogP contribution in [0.1, 0.15) is 44.6 Å². The molecule has 2 aliphatic heterocycles. The standard InChI is InChI=1S/C15H22F2N4O2/c1-8(2)23-15-5-11(6-15)20(7-15)14(22)18-12-9(3)19-21(10(12)4)13(16)17/h8,11,13H,5-7H2,1-4H3,(H,18,22). The molecule has 0 radical (unpaired) electrons. The van der Waals surface area contributed by atoms with Crippen molar-refractivity contribution in [1.82, 2.24) is 14.7 Å². The van der Waals surface area contributed by atoms with E-state index in [2.05, 4.69) is 10.4 Å². The largest absolute Gasteiger partial charge is 0.370 e. The second-order valence-electron chi connectivity index (χ2n) is 6.74. The van der Waals surface area contributed by atoms with Gasteiger partial charge in [-0.2, -0.15) is 13.9 Å². The van der Waals surface area contributed by atoms with Gasteiger partial charge in [-0.3, -0.25) is 0 Å². The van der Waals surface area contributed by atoms with Gasteiger partial charge in [-0.05, 0) is 40.5 Å². The van der Waals surface area contributed by atoms with Crippen molar-refractivity contribution >= 4 is 11.7 Å². The smallest absolute Gasteiger partial charge is 0.333 e. The third-order valence-corrected chi connectivity index (χ3v) is 4.60. The maximum atomic E-state index is 12.9. The highest BCUT2D eigenvalue weighted by Gasteiger charge is 2.58. The first-order valence-electron chi connectivity index (χ1n) is 7.82. The van der Waals surface area contributed by atoms with E-state index in [1.54, 1.807) is 11.8 Å². The molecule has 1 saturated carbocycles. The number of aryl methyl sites for hydroxylation is 1. The first-order valence-corrected chi connectivity index (χ1v) is 7.82. The lowest BCUT2D eigenvalue weighted by Gasteiger charge is -2.38. The summed E-state index contributed by atoms with van der Waals surface area (Å²) in [5.41, 5.74) is 0.771. The molecule has 2 bridgehead atoms. The van der Waals surface area contributed by atoms with E-state index in [0.717, 1.165) is 12.8 Å². The van der Waals surface area contributed by atoms with Crippen LogP contribution < -0.4 is 5.32 Å². The molecule has 4 rings (SSSR count). The number of nitrogens with zero attached hydrogens (tertiary/aromatic N) is 3. The van der Waals surface area contributed by atoms with Crippen molar-refractivity contribution in [3.8, 4) is 0 Å². The van der Waals surface area contributed by atoms with Crippen molar-refractivity contribution < 1.29 is 18.3 Å². The summed E-state index contributed by atoms with van der Waals surface area (Å²) in [6, 6.07) is -0.110. The van der Waals surface area contributed by atoms with E-state index in [-0.39, 0.29) is 29.5 Å². The van der Waals surface area contributed by atoms with Crippen molar-refractivity contribution in [3.63, 3.8) is 0 Å². The van der Waals surface area contributed by atoms with Crippen LogP contribution >= 0.6 is 0 Å². The number of fused-ring (bicyclic) bond motifs is 1. The number of aromatic nitrogens is 2. The van der Waals surface area contributed by atoms with Gasteiger partial charge in [0.1, 0.15) is 0 Å². The number of urea groups is 1. The SMILES string of the molecule is Cc1nn(C(F)F)c(C)c1NC(=O)N1CC2(OC(C)C)CC1C2. The summed E-state index contributed by atoms with van der Waals surface area (Å²) >= 11 is 0. The fourth-order valence-electron chi connectivity index (χ4n) is 3.67. The fourth-order valence-corrected chi connectivity index (χ4v) is 3.67. The molecule has 1 aromatic heterocycles. The minimum absolute atomic E-state index is 0.118. The van der Waals surface area contributed by atoms with Crippen LogP contribution in [0.5, 0.6) is 0 Å². The van der Waals surface area contributed by atoms with Crippen LogP contribution in [-0.2, 0) is 4.74 Å². The Kier molecular flexibility index (Phi) is 3.82. The van der Waals surface area contributed by atoms with E-state index in [1.165, 1.54) is 6.92 Å². The molecular formula is C15H22F2N4O2. The number of carbonyl (C=O) groups is 1. The molecule has 0 unspecified atom stereocenters. The number of carbonyl (C=O) groups excluding carboxylic acids is 1. The fraction of sp³-hybridized carbons (Fsp3) is 0.733. The van der Waals surface area contributed by atoms with Crippen molar-refractivity contribution in [2.45, 2.75) is 64.8 Å². The predicted molar refractivity (Wildman–Crippen MR) is 80.7 cm³/mol. The molecule has 2 saturated heterocycles. The summed E-state index contributed by atoms with van der Waals surface area (Å²) < 4.78 is 32.3. The molecule has 3 fully saturated rings. The van der Waals surface area contributed by atoms with Gasteiger partial charge < -0.3 is 15.0 Å². The van der Waals surface area contributed by atoms with E-state index in [4.69, 9.17) is 4.74 Å². The summed E-state index contributed by atoms with van der Waals surface area (Å²) in [5.74, 6) is 0. The Balaban J connectivity index is 1.70. The third kappa shape index (κ3) is 2.69. The second-order valence-corrected chi connectivity index (χ2v) is 6.74. The maximum absolute atomic E-state index is 12.9. The molecule has 1 aromatic rings. The van der Waals surface area contributed by atoms with Crippen molar-refractivity contribution in [1.29, 1.82) is 0 Å². The summed E-state index contributed by atoms with van der Waals surface area (Å²) in [4.78, 5) is 14.2. The van der Waals surface area contributed by atoms with Crippen LogP contribution in [0.15, 0.2) is 0 Å². The highest BCUT2D eigenvalue weighted by atomic mass is 19.3. The van der Waals surface area contributed by atoms with Crippen LogP contribution in [0.3, 0.4) is 0 Å². The normalized spacial score (nSPS) is 26.1. The van der Waals surface area contributed by atoms with Crippen LogP contribution in [-0.4, -0.2) is 45.0 Å². The average Bonchev–Trinajstić information content (AvgIpc) is 3.02. The number of hydrogen-bond acceptors (Lipinski definition) is 3. The Morgan fingerprint density at radius 1 is 1.39 bits per heavy atom. The van der Waals surface area contributed by atoms with Gasteiger partial charge in [0, 0.05) is 6.04 Å². The zero-order valence-corrected chi connectivity index (χ0v) is 13.8. The quantitative estimate of drug-likeness (QED) is 0.924. The van der Waals surface area contributed by atoms with E-state index in [1.807, 2.05) is 13.8 Å². The molecule has 0 aromatic carbocycles. The number of hydrogen-bond donors (Lipinski definition) is 1. The molecule has 3 aliphatic rings. The van der Waals surface area contributed by atoms with Gasteiger partial charge in [-0.1, -0.05) is 0 Å². The van der Waals surface area contributed by atoms with Crippen molar-refractivity contribution in [2.75, 3.05) is 11.9 Å². The Hall–Kier alpha value is -1.70. The lowest BCUT2D eigenvalue weighted by atomic mass is 9.81. The van der Waals surface area contributed by atoms with Gasteiger partial charge in [-0.25, -0.2) is 9.48 Å². The Morgan fingerprint density at radius 3 is 2.57 bits per heavy atom. The zero-order valence-electron chi connectivity index (χ0n) is 13.8. The maximum Gasteiger partial charge on any atom is 0.333 e. The number of anilines is 1. The Bertz CT molecular complexity index is 623. The monoisotopic (exact) mass is 328 g/mol. The van der Waals surface area contributed by atoms with Gasteiger partial charge in [0.25, 0.3) is 0 Å². The number of alkyl halides is 2. The number of nitrogens with one attached hydrogen (secondary N) is 1. The summed E-state index contributed by atoms with van der Waals surface area (Å²) in [6.07, 6.45) is 1.80. The lowest BCUT2D eigenvalue weighted by molar-refractivity contribution is -0.0992. The Labute approximate surface area is 133 Å². The molecule has 0 spiro atoms. The third-order valence-electron chi connectivity index (χ3n) is 4.60. The highest BCUT2D eigenvalue weighted by Crippen LogP contribution is 2.48. The van der Waals surface area contributed by atoms with Gasteiger partial charge in [-0.15, -0.1) is 0 Å². The van der Waals surface area contributed by atoms with E-state index in [9.17, 15) is 13.6 Å². The first kappa shape index (κ1) is 16.2. The predicted octanol–water partition coefficient (Wildman–Crippen LogP) is 3.07. The summed E-state index contributed by atoms with van der Waals surface area (Å²) in [5, 5.41) is 6.52. The van der Waals surface area contributed by atoms with E-state index < -0.39 is 6.55 Å². The van der Waals surface area contributed by atoms with E-state index >= 15 is 0 Å². The highest BCUT2D eigenvalue weighted by molar-refractivity contribution is 5.91. The molecule has 8 heteroatoms. The van der Waals surface area contributed by atoms with Crippen LogP contribution in [0.2, 0.25) is 0 Å². The molecule has 128 valence electrons. The number of halogens is 2. The van der Waals surface area contributed by atoms with Crippen LogP contribution in [0.4, 0.5) is 19.3 Å². The summed E-state index contributed by atoms with van der Waals surface area (Å²) in [6.45, 7) is 4.92. The minimum Gasteiger partial charge on any atom is -0.370 e. The second kappa shape index (κ2) is 5.43. The molecule has 3 heterocycles. The molecule has 0 atom stereocenters. The Morgan fingerprint density at radius 2 is 2.04 bits per heavy atom. The van der Waals surface area contributed by atoms with Crippen molar-refractivity contribution in [3.05, 3.63) is 11.4 Å². The van der Waals surface area contributed by atoms with Gasteiger partial charge in [0.15, 0.2) is 0 Å². The summed E-state index contributed by atoms with van der Waals surface area (Å²) in [7, 11) is 0. The van der Waals surface area contributed by atoms with E-state index in [0.29, 0.717) is 22.6 Å². The van der Waals surface area contributed by atoms with Gasteiger partial charge in [0.05, 0.1) is 35.3 Å². The molecular weight excluding hydrogens is 306 g/mol. The first-order chi connectivity index (χ1) is 10.7. The lowest BCUT2D eigenvalue weighted by Crippen LogP contribution is -2.44. The van der Waals surface area contributed by atoms with Crippen molar-refractivity contribution in [2.24, 2.45) is 0 Å². The number of ether oxygens (including phenoxy) is 1. The zero-order chi connectivity index (χ0) is 16.9. The van der Waals surface area contributed by atoms with Crippen LogP contribution in [0.25, 0.3) is 0 Å². The molecule has 1 aliphatic carbocycles. The van der Waals surface area contributed by atoms with Gasteiger partial charge in [0.2, 0.25) is 0 Å². The topological polar surface area (TPSA) is 59.4 Å². The molecule has 2 amide bonds. The average molecular weight is 328 g/mol. The number of rotatable bonds is 4. The number of amides is 2. The van der Waals surface area contributed by atoms with Gasteiger partial charge >= 0.3 is 12.6 Å². The van der Waals surface area contributed by atoms with Crippen LogP contribution in [0, 0.1) is 13.8 Å².